The zero-order valence-corrected chi connectivity index (χ0v) is 12.2. The van der Waals surface area contributed by atoms with Gasteiger partial charge in [0.1, 0.15) is 0 Å². The molecule has 102 valence electrons. The first-order valence-corrected chi connectivity index (χ1v) is 5.92. The second-order valence-electron chi connectivity index (χ2n) is 5.28. The number of nitrogens with two attached hydrogens (primary N) is 1. The van der Waals surface area contributed by atoms with Crippen LogP contribution < -0.4 is 5.73 Å². The average molecular weight is 271 g/mol. The highest BCUT2D eigenvalue weighted by Crippen LogP contribution is 2.14. The smallest absolute Gasteiger partial charge is 0.226 e. The largest absolute Gasteiger partial charge is 0.345 e. The Morgan fingerprint density at radius 3 is 2.33 bits per heavy atom. The first-order valence-electron chi connectivity index (χ1n) is 5.92. The fourth-order valence-corrected chi connectivity index (χ4v) is 1.70. The van der Waals surface area contributed by atoms with Crippen LogP contribution in [0.15, 0.2) is 30.3 Å². The number of halogens is 1. The molecule has 0 aromatic heterocycles. The van der Waals surface area contributed by atoms with E-state index in [4.69, 9.17) is 5.73 Å². The number of carbonyl (C=O) groups excluding carboxylic acids is 1. The normalized spacial score (nSPS) is 10.7. The van der Waals surface area contributed by atoms with Gasteiger partial charge in [0.15, 0.2) is 0 Å². The standard InChI is InChI=1S/C14H22N2O.ClH/c1-14(2,10-15)11-16(3)13(17)9-12-7-5-4-6-8-12;/h4-8H,9-11,15H2,1-3H3;1H. The van der Waals surface area contributed by atoms with Crippen LogP contribution in [-0.4, -0.2) is 30.9 Å². The van der Waals surface area contributed by atoms with Gasteiger partial charge >= 0.3 is 0 Å². The molecule has 0 heterocycles. The third-order valence-corrected chi connectivity index (χ3v) is 2.84. The molecule has 0 unspecified atom stereocenters. The molecule has 18 heavy (non-hydrogen) atoms. The summed E-state index contributed by atoms with van der Waals surface area (Å²) in [5.74, 6) is 0.137. The third-order valence-electron chi connectivity index (χ3n) is 2.84. The van der Waals surface area contributed by atoms with Crippen LogP contribution in [0.1, 0.15) is 19.4 Å². The number of benzene rings is 1. The van der Waals surface area contributed by atoms with Gasteiger partial charge in [-0.25, -0.2) is 0 Å². The Bertz CT molecular complexity index is 365. The van der Waals surface area contributed by atoms with E-state index < -0.39 is 0 Å². The quantitative estimate of drug-likeness (QED) is 0.891. The summed E-state index contributed by atoms with van der Waals surface area (Å²) < 4.78 is 0. The Morgan fingerprint density at radius 2 is 1.83 bits per heavy atom. The van der Waals surface area contributed by atoms with Crippen LogP contribution in [0.3, 0.4) is 0 Å². The lowest BCUT2D eigenvalue weighted by molar-refractivity contribution is -0.130. The minimum atomic E-state index is -0.0267. The van der Waals surface area contributed by atoms with Crippen molar-refractivity contribution < 1.29 is 4.79 Å². The monoisotopic (exact) mass is 270 g/mol. The molecule has 0 saturated carbocycles. The van der Waals surface area contributed by atoms with Crippen LogP contribution in [0.25, 0.3) is 0 Å². The first kappa shape index (κ1) is 16.9. The highest BCUT2D eigenvalue weighted by atomic mass is 35.5. The lowest BCUT2D eigenvalue weighted by Gasteiger charge is -2.29. The molecule has 0 aliphatic rings. The Hall–Kier alpha value is -1.06. The Labute approximate surface area is 116 Å². The number of hydrogen-bond donors (Lipinski definition) is 1. The van der Waals surface area contributed by atoms with Crippen molar-refractivity contribution in [2.45, 2.75) is 20.3 Å². The molecule has 1 aromatic carbocycles. The molecule has 0 aliphatic carbocycles. The van der Waals surface area contributed by atoms with Crippen molar-refractivity contribution in [2.75, 3.05) is 20.1 Å². The van der Waals surface area contributed by atoms with Crippen LogP contribution in [-0.2, 0) is 11.2 Å². The van der Waals surface area contributed by atoms with Crippen molar-refractivity contribution in [3.05, 3.63) is 35.9 Å². The number of rotatable bonds is 5. The lowest BCUT2D eigenvalue weighted by Crippen LogP contribution is -2.40. The molecule has 4 heteroatoms. The van der Waals surface area contributed by atoms with Gasteiger partial charge in [0.25, 0.3) is 0 Å². The zero-order valence-electron chi connectivity index (χ0n) is 11.3. The van der Waals surface area contributed by atoms with Crippen LogP contribution in [0.2, 0.25) is 0 Å². The number of hydrogen-bond acceptors (Lipinski definition) is 2. The Morgan fingerprint density at radius 1 is 1.28 bits per heavy atom. The molecule has 1 rings (SSSR count). The molecule has 0 spiro atoms. The summed E-state index contributed by atoms with van der Waals surface area (Å²) in [4.78, 5) is 13.8. The van der Waals surface area contributed by atoms with Gasteiger partial charge in [-0.2, -0.15) is 0 Å². The SMILES string of the molecule is CN(CC(C)(C)CN)C(=O)Cc1ccccc1.Cl. The molecule has 1 amide bonds. The molecule has 0 radical (unpaired) electrons. The van der Waals surface area contributed by atoms with Crippen molar-refractivity contribution >= 4 is 18.3 Å². The molecule has 0 bridgehead atoms. The minimum Gasteiger partial charge on any atom is -0.345 e. The summed E-state index contributed by atoms with van der Waals surface area (Å²) in [7, 11) is 1.84. The minimum absolute atomic E-state index is 0. The summed E-state index contributed by atoms with van der Waals surface area (Å²) in [6.45, 7) is 5.41. The van der Waals surface area contributed by atoms with Crippen LogP contribution in [0, 0.1) is 5.41 Å². The van der Waals surface area contributed by atoms with Gasteiger partial charge in [0, 0.05) is 13.6 Å². The van der Waals surface area contributed by atoms with Crippen LogP contribution >= 0.6 is 12.4 Å². The van der Waals surface area contributed by atoms with Crippen molar-refractivity contribution in [3.8, 4) is 0 Å². The zero-order chi connectivity index (χ0) is 12.9. The maximum atomic E-state index is 12.0. The summed E-state index contributed by atoms with van der Waals surface area (Å²) >= 11 is 0. The van der Waals surface area contributed by atoms with Gasteiger partial charge in [-0.15, -0.1) is 12.4 Å². The predicted molar refractivity (Wildman–Crippen MR) is 77.9 cm³/mol. The number of nitrogens with zero attached hydrogens (tertiary/aromatic N) is 1. The molecule has 0 aliphatic heterocycles. The lowest BCUT2D eigenvalue weighted by atomic mass is 9.93. The Kier molecular flexibility index (Phi) is 6.96. The van der Waals surface area contributed by atoms with E-state index in [0.717, 1.165) is 5.56 Å². The predicted octanol–water partition coefficient (Wildman–Crippen LogP) is 2.09. The first-order chi connectivity index (χ1) is 7.94. The third kappa shape index (κ3) is 5.52. The molecule has 2 N–H and O–H groups in total. The van der Waals surface area contributed by atoms with Crippen LogP contribution in [0.4, 0.5) is 0 Å². The number of amides is 1. The van der Waals surface area contributed by atoms with Gasteiger partial charge < -0.3 is 10.6 Å². The summed E-state index contributed by atoms with van der Waals surface area (Å²) in [6, 6.07) is 9.80. The second-order valence-corrected chi connectivity index (χ2v) is 5.28. The number of likely N-dealkylation sites (N-methyl/N-ethyl adjacent to an activating group) is 1. The maximum Gasteiger partial charge on any atom is 0.226 e. The topological polar surface area (TPSA) is 46.3 Å². The Balaban J connectivity index is 0.00000289. The van der Waals surface area contributed by atoms with E-state index in [1.165, 1.54) is 0 Å². The average Bonchev–Trinajstić information content (AvgIpc) is 2.30. The van der Waals surface area contributed by atoms with E-state index in [0.29, 0.717) is 19.5 Å². The molecular weight excluding hydrogens is 248 g/mol. The molecule has 0 saturated heterocycles. The van der Waals surface area contributed by atoms with Gasteiger partial charge in [-0.1, -0.05) is 44.2 Å². The maximum absolute atomic E-state index is 12.0. The van der Waals surface area contributed by atoms with Gasteiger partial charge in [0.2, 0.25) is 5.91 Å². The van der Waals surface area contributed by atoms with E-state index in [2.05, 4.69) is 13.8 Å². The summed E-state index contributed by atoms with van der Waals surface area (Å²) in [6.07, 6.45) is 0.456. The molecule has 1 aromatic rings. The van der Waals surface area contributed by atoms with Crippen molar-refractivity contribution in [3.63, 3.8) is 0 Å². The molecular formula is C14H23ClN2O. The van der Waals surface area contributed by atoms with E-state index in [1.807, 2.05) is 37.4 Å². The van der Waals surface area contributed by atoms with E-state index in [1.54, 1.807) is 4.90 Å². The molecule has 0 fully saturated rings. The fraction of sp³-hybridized carbons (Fsp3) is 0.500. The van der Waals surface area contributed by atoms with Crippen LogP contribution in [0.5, 0.6) is 0 Å². The van der Waals surface area contributed by atoms with Crippen molar-refractivity contribution in [1.82, 2.24) is 4.90 Å². The van der Waals surface area contributed by atoms with Gasteiger partial charge in [-0.3, -0.25) is 4.79 Å². The van der Waals surface area contributed by atoms with E-state index in [-0.39, 0.29) is 23.7 Å². The molecule has 3 nitrogen and oxygen atoms in total. The van der Waals surface area contributed by atoms with E-state index in [9.17, 15) is 4.79 Å². The molecule has 0 atom stereocenters. The van der Waals surface area contributed by atoms with Gasteiger partial charge in [-0.05, 0) is 17.5 Å². The van der Waals surface area contributed by atoms with E-state index >= 15 is 0 Å². The number of carbonyl (C=O) groups is 1. The van der Waals surface area contributed by atoms with Crippen molar-refractivity contribution in [2.24, 2.45) is 11.1 Å². The highest BCUT2D eigenvalue weighted by Gasteiger charge is 2.20. The summed E-state index contributed by atoms with van der Waals surface area (Å²) in [5, 5.41) is 0. The summed E-state index contributed by atoms with van der Waals surface area (Å²) in [5.41, 5.74) is 6.69. The second kappa shape index (κ2) is 7.39. The van der Waals surface area contributed by atoms with Gasteiger partial charge in [0.05, 0.1) is 6.42 Å². The highest BCUT2D eigenvalue weighted by molar-refractivity contribution is 5.85. The van der Waals surface area contributed by atoms with Crippen molar-refractivity contribution in [1.29, 1.82) is 0 Å². The fourth-order valence-electron chi connectivity index (χ4n) is 1.70.